The van der Waals surface area contributed by atoms with Crippen molar-refractivity contribution >= 4 is 11.9 Å². The minimum Gasteiger partial charge on any atom is -0.466 e. The number of amides is 1. The van der Waals surface area contributed by atoms with E-state index in [0.717, 1.165) is 57.8 Å². The van der Waals surface area contributed by atoms with E-state index in [1.807, 2.05) is 0 Å². The van der Waals surface area contributed by atoms with Crippen molar-refractivity contribution in [1.29, 1.82) is 0 Å². The molecule has 0 spiro atoms. The van der Waals surface area contributed by atoms with E-state index in [0.29, 0.717) is 25.9 Å². The lowest BCUT2D eigenvalue weighted by molar-refractivity contribution is -0.143. The quantitative estimate of drug-likeness (QED) is 0.0321. The van der Waals surface area contributed by atoms with Gasteiger partial charge in [-0.3, -0.25) is 9.59 Å². The van der Waals surface area contributed by atoms with Crippen molar-refractivity contribution < 1.29 is 24.5 Å². The Kier molecular flexibility index (Phi) is 51.0. The molecule has 0 bridgehead atoms. The second kappa shape index (κ2) is 52.2. The Hall–Kier alpha value is -1.40. The number of unbranched alkanes of at least 4 members (excludes halogenated alkanes) is 39. The van der Waals surface area contributed by atoms with Crippen LogP contribution in [0.1, 0.15) is 309 Å². The van der Waals surface area contributed by atoms with E-state index in [1.165, 1.54) is 218 Å². The average molecular weight is 876 g/mol. The fraction of sp³-hybridized carbons (Fsp3) is 0.929. The summed E-state index contributed by atoms with van der Waals surface area (Å²) in [5.74, 6) is -0.0428. The van der Waals surface area contributed by atoms with E-state index in [4.69, 9.17) is 4.74 Å². The van der Waals surface area contributed by atoms with Crippen LogP contribution in [-0.4, -0.2) is 47.4 Å². The predicted molar refractivity (Wildman–Crippen MR) is 269 cm³/mol. The number of allylic oxidation sites excluding steroid dienone is 2. The second-order valence-electron chi connectivity index (χ2n) is 19.3. The maximum Gasteiger partial charge on any atom is 0.305 e. The number of rotatable bonds is 52. The molecule has 1 amide bonds. The van der Waals surface area contributed by atoms with E-state index in [2.05, 4.69) is 31.3 Å². The van der Waals surface area contributed by atoms with Gasteiger partial charge in [0.2, 0.25) is 5.91 Å². The van der Waals surface area contributed by atoms with E-state index >= 15 is 0 Å². The molecule has 6 heteroatoms. The van der Waals surface area contributed by atoms with E-state index < -0.39 is 12.1 Å². The van der Waals surface area contributed by atoms with Gasteiger partial charge in [0.25, 0.3) is 0 Å². The Morgan fingerprint density at radius 2 is 0.758 bits per heavy atom. The van der Waals surface area contributed by atoms with Gasteiger partial charge in [-0.15, -0.1) is 0 Å². The molecule has 2 atom stereocenters. The van der Waals surface area contributed by atoms with Crippen LogP contribution in [0.25, 0.3) is 0 Å². The Morgan fingerprint density at radius 3 is 1.15 bits per heavy atom. The highest BCUT2D eigenvalue weighted by Crippen LogP contribution is 2.17. The van der Waals surface area contributed by atoms with Gasteiger partial charge in [0.1, 0.15) is 0 Å². The summed E-state index contributed by atoms with van der Waals surface area (Å²) in [6.07, 6.45) is 60.5. The molecule has 62 heavy (non-hydrogen) atoms. The number of esters is 1. The Bertz CT molecular complexity index is 924. The van der Waals surface area contributed by atoms with E-state index in [1.54, 1.807) is 0 Å². The molecule has 0 rings (SSSR count). The second-order valence-corrected chi connectivity index (χ2v) is 19.3. The molecule has 0 saturated heterocycles. The van der Waals surface area contributed by atoms with Gasteiger partial charge in [-0.25, -0.2) is 0 Å². The molecule has 0 aliphatic heterocycles. The smallest absolute Gasteiger partial charge is 0.305 e. The average Bonchev–Trinajstić information content (AvgIpc) is 3.27. The number of hydrogen-bond donors (Lipinski definition) is 3. The minimum absolute atomic E-state index is 0.00553. The van der Waals surface area contributed by atoms with Gasteiger partial charge in [0.15, 0.2) is 0 Å². The Balaban J connectivity index is 3.43. The summed E-state index contributed by atoms with van der Waals surface area (Å²) < 4.78 is 5.47. The van der Waals surface area contributed by atoms with Crippen LogP contribution in [0.3, 0.4) is 0 Å². The van der Waals surface area contributed by atoms with Crippen LogP contribution in [0.5, 0.6) is 0 Å². The Labute approximate surface area is 387 Å². The number of ether oxygens (including phenoxy) is 1. The van der Waals surface area contributed by atoms with Gasteiger partial charge in [0, 0.05) is 12.8 Å². The molecule has 0 aromatic heterocycles. The SMILES string of the molecule is CCCCCCCCCCCCCCCCC(=O)OCCCCCCCCCCC/C=C\CCCCCCCC(=O)NC(CO)C(O)CCCCCCCCCCCCCCC. The first-order valence-corrected chi connectivity index (χ1v) is 27.9. The summed E-state index contributed by atoms with van der Waals surface area (Å²) in [6, 6.07) is -0.550. The zero-order valence-electron chi connectivity index (χ0n) is 41.9. The summed E-state index contributed by atoms with van der Waals surface area (Å²) in [4.78, 5) is 24.5. The summed E-state index contributed by atoms with van der Waals surface area (Å²) in [5, 5.41) is 23.2. The molecule has 0 heterocycles. The summed E-state index contributed by atoms with van der Waals surface area (Å²) in [7, 11) is 0. The number of nitrogens with one attached hydrogen (secondary N) is 1. The van der Waals surface area contributed by atoms with Gasteiger partial charge in [-0.2, -0.15) is 0 Å². The molecular formula is C56H109NO5. The maximum absolute atomic E-state index is 12.4. The van der Waals surface area contributed by atoms with Gasteiger partial charge in [-0.05, 0) is 51.4 Å². The highest BCUT2D eigenvalue weighted by atomic mass is 16.5. The molecule has 368 valence electrons. The fourth-order valence-electron chi connectivity index (χ4n) is 8.75. The third-order valence-electron chi connectivity index (χ3n) is 13.1. The highest BCUT2D eigenvalue weighted by molar-refractivity contribution is 5.76. The largest absolute Gasteiger partial charge is 0.466 e. The van der Waals surface area contributed by atoms with Crippen LogP contribution in [0, 0.1) is 0 Å². The lowest BCUT2D eigenvalue weighted by atomic mass is 10.0. The molecule has 0 radical (unpaired) electrons. The van der Waals surface area contributed by atoms with Crippen molar-refractivity contribution in [2.45, 2.75) is 321 Å². The molecule has 0 saturated carbocycles. The van der Waals surface area contributed by atoms with Crippen molar-refractivity contribution in [1.82, 2.24) is 5.32 Å². The Morgan fingerprint density at radius 1 is 0.435 bits per heavy atom. The van der Waals surface area contributed by atoms with Gasteiger partial charge in [-0.1, -0.05) is 257 Å². The molecule has 0 aromatic carbocycles. The zero-order valence-corrected chi connectivity index (χ0v) is 41.9. The summed E-state index contributed by atoms with van der Waals surface area (Å²) >= 11 is 0. The molecule has 0 fully saturated rings. The van der Waals surface area contributed by atoms with Crippen molar-refractivity contribution in [3.63, 3.8) is 0 Å². The maximum atomic E-state index is 12.4. The molecule has 2 unspecified atom stereocenters. The third-order valence-corrected chi connectivity index (χ3v) is 13.1. The van der Waals surface area contributed by atoms with Crippen LogP contribution >= 0.6 is 0 Å². The topological polar surface area (TPSA) is 95.9 Å². The zero-order chi connectivity index (χ0) is 45.1. The van der Waals surface area contributed by atoms with Crippen LogP contribution in [0.2, 0.25) is 0 Å². The summed E-state index contributed by atoms with van der Waals surface area (Å²) in [6.45, 7) is 4.95. The van der Waals surface area contributed by atoms with Crippen LogP contribution in [0.15, 0.2) is 12.2 Å². The lowest BCUT2D eigenvalue weighted by Gasteiger charge is -2.22. The van der Waals surface area contributed by atoms with Gasteiger partial charge >= 0.3 is 5.97 Å². The standard InChI is InChI=1S/C56H109NO5/c1-3-5-7-9-11-13-15-17-26-30-34-38-42-46-50-56(61)62-51-47-43-39-35-31-27-23-21-19-18-20-22-25-29-33-37-41-45-49-55(60)57-53(52-58)54(59)48-44-40-36-32-28-24-16-14-12-10-8-6-4-2/h20,22,53-54,58-59H,3-19,21,23-52H2,1-2H3,(H,57,60)/b22-20-. The minimum atomic E-state index is -0.671. The fourth-order valence-corrected chi connectivity index (χ4v) is 8.75. The third kappa shape index (κ3) is 48.1. The predicted octanol–water partition coefficient (Wildman–Crippen LogP) is 16.9. The monoisotopic (exact) mass is 876 g/mol. The highest BCUT2D eigenvalue weighted by Gasteiger charge is 2.20. The molecule has 6 nitrogen and oxygen atoms in total. The number of aliphatic hydroxyl groups excluding tert-OH is 2. The van der Waals surface area contributed by atoms with Crippen molar-refractivity contribution in [2.75, 3.05) is 13.2 Å². The van der Waals surface area contributed by atoms with Crippen molar-refractivity contribution in [3.8, 4) is 0 Å². The first-order chi connectivity index (χ1) is 30.5. The molecule has 0 aromatic rings. The molecule has 0 aliphatic rings. The molecular weight excluding hydrogens is 767 g/mol. The lowest BCUT2D eigenvalue weighted by Crippen LogP contribution is -2.45. The van der Waals surface area contributed by atoms with Crippen LogP contribution in [0.4, 0.5) is 0 Å². The van der Waals surface area contributed by atoms with Crippen molar-refractivity contribution in [3.05, 3.63) is 12.2 Å². The summed E-state index contributed by atoms with van der Waals surface area (Å²) in [5.41, 5.74) is 0. The van der Waals surface area contributed by atoms with E-state index in [9.17, 15) is 19.8 Å². The first kappa shape index (κ1) is 60.6. The molecule has 3 N–H and O–H groups in total. The van der Waals surface area contributed by atoms with Crippen LogP contribution < -0.4 is 5.32 Å². The van der Waals surface area contributed by atoms with Crippen LogP contribution in [-0.2, 0) is 14.3 Å². The first-order valence-electron chi connectivity index (χ1n) is 27.9. The van der Waals surface area contributed by atoms with Gasteiger partial charge < -0.3 is 20.3 Å². The normalized spacial score (nSPS) is 12.6. The number of hydrogen-bond acceptors (Lipinski definition) is 5. The molecule has 0 aliphatic carbocycles. The number of aliphatic hydroxyl groups is 2. The van der Waals surface area contributed by atoms with E-state index in [-0.39, 0.29) is 18.5 Å². The number of carbonyl (C=O) groups is 2. The van der Waals surface area contributed by atoms with Gasteiger partial charge in [0.05, 0.1) is 25.4 Å². The van der Waals surface area contributed by atoms with Crippen molar-refractivity contribution in [2.24, 2.45) is 0 Å². The number of carbonyl (C=O) groups excluding carboxylic acids is 2.